The number of rotatable bonds is 3. The van der Waals surface area contributed by atoms with Crippen LogP contribution in [0.5, 0.6) is 0 Å². The maximum Gasteiger partial charge on any atom is 0.255 e. The van der Waals surface area contributed by atoms with Crippen molar-refractivity contribution in [2.45, 2.75) is 45.3 Å². The third-order valence-electron chi connectivity index (χ3n) is 3.47. The predicted octanol–water partition coefficient (Wildman–Crippen LogP) is 1.36. The summed E-state index contributed by atoms with van der Waals surface area (Å²) in [7, 11) is 0. The molecule has 1 aliphatic rings. The number of nitrogen functional groups attached to an aromatic ring is 1. The Morgan fingerprint density at radius 2 is 2.30 bits per heavy atom. The second kappa shape index (κ2) is 5.76. The summed E-state index contributed by atoms with van der Waals surface area (Å²) >= 11 is 0. The Morgan fingerprint density at radius 1 is 1.55 bits per heavy atom. The van der Waals surface area contributed by atoms with Crippen molar-refractivity contribution < 1.29 is 9.53 Å². The zero-order valence-corrected chi connectivity index (χ0v) is 12.2. The molecule has 1 fully saturated rings. The first-order valence-corrected chi connectivity index (χ1v) is 6.79. The third kappa shape index (κ3) is 3.46. The minimum Gasteiger partial charge on any atom is -0.375 e. The van der Waals surface area contributed by atoms with Crippen LogP contribution < -0.4 is 16.6 Å². The molecule has 4 N–H and O–H groups in total. The normalized spacial score (nSPS) is 21.3. The Kier molecular flexibility index (Phi) is 4.25. The molecule has 0 spiro atoms. The van der Waals surface area contributed by atoms with E-state index < -0.39 is 0 Å². The molecular formula is C14H22N4O2. The van der Waals surface area contributed by atoms with E-state index in [-0.39, 0.29) is 17.6 Å². The number of ether oxygens (including phenoxy) is 1. The molecule has 6 heteroatoms. The van der Waals surface area contributed by atoms with Crippen LogP contribution in [0.4, 0.5) is 5.69 Å². The summed E-state index contributed by atoms with van der Waals surface area (Å²) in [6.07, 6.45) is 3.16. The lowest BCUT2D eigenvalue weighted by molar-refractivity contribution is -0.0615. The molecule has 110 valence electrons. The highest BCUT2D eigenvalue weighted by atomic mass is 16.5. The molecule has 0 saturated carbocycles. The number of aromatic nitrogens is 1. The fraction of sp³-hybridized carbons (Fsp3) is 0.571. The summed E-state index contributed by atoms with van der Waals surface area (Å²) in [5.74, 6) is 5.30. The van der Waals surface area contributed by atoms with Gasteiger partial charge in [-0.1, -0.05) is 0 Å². The van der Waals surface area contributed by atoms with Crippen molar-refractivity contribution in [3.63, 3.8) is 0 Å². The van der Waals surface area contributed by atoms with Crippen molar-refractivity contribution in [3.8, 4) is 0 Å². The van der Waals surface area contributed by atoms with E-state index in [0.717, 1.165) is 18.5 Å². The van der Waals surface area contributed by atoms with Crippen LogP contribution in [0.2, 0.25) is 0 Å². The number of carbonyl (C=O) groups excluding carboxylic acids is 1. The summed E-state index contributed by atoms with van der Waals surface area (Å²) in [6, 6.07) is 1.86. The van der Waals surface area contributed by atoms with Crippen LogP contribution in [-0.4, -0.2) is 29.1 Å². The van der Waals surface area contributed by atoms with Crippen molar-refractivity contribution in [3.05, 3.63) is 23.5 Å². The molecule has 1 aliphatic heterocycles. The number of hydrogen-bond donors (Lipinski definition) is 3. The van der Waals surface area contributed by atoms with Gasteiger partial charge in [-0.3, -0.25) is 15.6 Å². The van der Waals surface area contributed by atoms with E-state index in [1.807, 2.05) is 20.8 Å². The number of pyridine rings is 1. The third-order valence-corrected chi connectivity index (χ3v) is 3.47. The molecular weight excluding hydrogens is 256 g/mol. The molecule has 1 aromatic heterocycles. The van der Waals surface area contributed by atoms with Crippen LogP contribution in [-0.2, 0) is 4.74 Å². The van der Waals surface area contributed by atoms with Gasteiger partial charge in [-0.2, -0.15) is 0 Å². The standard InChI is InChI=1S/C14H22N4O2/c1-9-6-12(18-15)11(8-16-9)13(19)17-10-4-5-20-14(2,3)7-10/h6,8,10H,4-5,7,15H2,1-3H3,(H,16,18)(H,17,19). The Bertz CT molecular complexity index is 502. The average Bonchev–Trinajstić information content (AvgIpc) is 2.37. The average molecular weight is 278 g/mol. The molecule has 0 radical (unpaired) electrons. The van der Waals surface area contributed by atoms with Gasteiger partial charge in [0.05, 0.1) is 16.9 Å². The van der Waals surface area contributed by atoms with E-state index in [9.17, 15) is 4.79 Å². The number of hydrazine groups is 1. The van der Waals surface area contributed by atoms with Crippen molar-refractivity contribution in [2.75, 3.05) is 12.0 Å². The second-order valence-corrected chi connectivity index (χ2v) is 5.79. The fourth-order valence-corrected chi connectivity index (χ4v) is 2.48. The molecule has 1 saturated heterocycles. The Hall–Kier alpha value is -1.66. The lowest BCUT2D eigenvalue weighted by atomic mass is 9.94. The molecule has 1 amide bonds. The fourth-order valence-electron chi connectivity index (χ4n) is 2.48. The van der Waals surface area contributed by atoms with Crippen LogP contribution in [0.3, 0.4) is 0 Å². The first kappa shape index (κ1) is 14.7. The van der Waals surface area contributed by atoms with Gasteiger partial charge < -0.3 is 15.5 Å². The summed E-state index contributed by atoms with van der Waals surface area (Å²) in [5, 5.41) is 3.03. The number of nitrogens with zero attached hydrogens (tertiary/aromatic N) is 1. The number of anilines is 1. The molecule has 0 bridgehead atoms. The quantitative estimate of drug-likeness (QED) is 0.574. The minimum absolute atomic E-state index is 0.109. The maximum absolute atomic E-state index is 12.3. The van der Waals surface area contributed by atoms with Gasteiger partial charge in [0.1, 0.15) is 0 Å². The van der Waals surface area contributed by atoms with Crippen LogP contribution in [0.15, 0.2) is 12.3 Å². The molecule has 6 nitrogen and oxygen atoms in total. The van der Waals surface area contributed by atoms with E-state index in [2.05, 4.69) is 15.7 Å². The van der Waals surface area contributed by atoms with Crippen LogP contribution in [0.1, 0.15) is 42.7 Å². The van der Waals surface area contributed by atoms with Gasteiger partial charge in [0.2, 0.25) is 0 Å². The van der Waals surface area contributed by atoms with Gasteiger partial charge in [0.25, 0.3) is 5.91 Å². The molecule has 0 aromatic carbocycles. The summed E-state index contributed by atoms with van der Waals surface area (Å²) < 4.78 is 5.65. The molecule has 1 atom stereocenters. The van der Waals surface area contributed by atoms with Gasteiger partial charge in [0, 0.05) is 24.5 Å². The summed E-state index contributed by atoms with van der Waals surface area (Å²) in [5.41, 5.74) is 4.20. The molecule has 2 rings (SSSR count). The number of amides is 1. The zero-order valence-electron chi connectivity index (χ0n) is 12.2. The van der Waals surface area contributed by atoms with Crippen molar-refractivity contribution in [2.24, 2.45) is 5.84 Å². The van der Waals surface area contributed by atoms with Crippen molar-refractivity contribution >= 4 is 11.6 Å². The number of carbonyl (C=O) groups is 1. The van der Waals surface area contributed by atoms with Crippen molar-refractivity contribution in [1.82, 2.24) is 10.3 Å². The van der Waals surface area contributed by atoms with Gasteiger partial charge in [-0.05, 0) is 39.7 Å². The predicted molar refractivity (Wildman–Crippen MR) is 77.3 cm³/mol. The summed E-state index contributed by atoms with van der Waals surface area (Å²) in [6.45, 7) is 6.58. The van der Waals surface area contributed by atoms with E-state index in [1.54, 1.807) is 12.3 Å². The smallest absolute Gasteiger partial charge is 0.255 e. The highest BCUT2D eigenvalue weighted by Crippen LogP contribution is 2.24. The number of nitrogens with one attached hydrogen (secondary N) is 2. The van der Waals surface area contributed by atoms with E-state index >= 15 is 0 Å². The van der Waals surface area contributed by atoms with Crippen LogP contribution in [0.25, 0.3) is 0 Å². The van der Waals surface area contributed by atoms with Gasteiger partial charge in [-0.15, -0.1) is 0 Å². The minimum atomic E-state index is -0.198. The van der Waals surface area contributed by atoms with Gasteiger partial charge >= 0.3 is 0 Å². The van der Waals surface area contributed by atoms with E-state index in [1.165, 1.54) is 0 Å². The second-order valence-electron chi connectivity index (χ2n) is 5.79. The van der Waals surface area contributed by atoms with Crippen LogP contribution in [0, 0.1) is 6.92 Å². The molecule has 20 heavy (non-hydrogen) atoms. The Balaban J connectivity index is 2.08. The highest BCUT2D eigenvalue weighted by molar-refractivity contribution is 5.99. The van der Waals surface area contributed by atoms with E-state index in [0.29, 0.717) is 17.9 Å². The first-order chi connectivity index (χ1) is 9.41. The van der Waals surface area contributed by atoms with E-state index in [4.69, 9.17) is 10.6 Å². The van der Waals surface area contributed by atoms with Gasteiger partial charge in [-0.25, -0.2) is 0 Å². The Morgan fingerprint density at radius 3 is 2.95 bits per heavy atom. The maximum atomic E-state index is 12.3. The molecule has 2 heterocycles. The SMILES string of the molecule is Cc1cc(NN)c(C(=O)NC2CCOC(C)(C)C2)cn1. The topological polar surface area (TPSA) is 89.3 Å². The van der Waals surface area contributed by atoms with Gasteiger partial charge in [0.15, 0.2) is 0 Å². The van der Waals surface area contributed by atoms with Crippen molar-refractivity contribution in [1.29, 1.82) is 0 Å². The molecule has 1 aromatic rings. The monoisotopic (exact) mass is 278 g/mol. The first-order valence-electron chi connectivity index (χ1n) is 6.79. The van der Waals surface area contributed by atoms with Crippen LogP contribution >= 0.6 is 0 Å². The summed E-state index contributed by atoms with van der Waals surface area (Å²) in [4.78, 5) is 16.5. The zero-order chi connectivity index (χ0) is 14.8. The largest absolute Gasteiger partial charge is 0.375 e. The Labute approximate surface area is 119 Å². The number of aryl methyl sites for hydroxylation is 1. The molecule has 1 unspecified atom stereocenters. The lowest BCUT2D eigenvalue weighted by Gasteiger charge is -2.35. The molecule has 0 aliphatic carbocycles. The number of hydrogen-bond acceptors (Lipinski definition) is 5. The highest BCUT2D eigenvalue weighted by Gasteiger charge is 2.30. The lowest BCUT2D eigenvalue weighted by Crippen LogP contribution is -2.46. The number of nitrogens with two attached hydrogens (primary N) is 1.